The van der Waals surface area contributed by atoms with Crippen LogP contribution < -0.4 is 10.2 Å². The summed E-state index contributed by atoms with van der Waals surface area (Å²) in [5, 5.41) is 21.1. The fourth-order valence-corrected chi connectivity index (χ4v) is 4.29. The van der Waals surface area contributed by atoms with Crippen molar-refractivity contribution in [2.75, 3.05) is 18.0 Å². The number of thiazole rings is 1. The zero-order valence-electron chi connectivity index (χ0n) is 14.8. The van der Waals surface area contributed by atoms with Gasteiger partial charge in [0.1, 0.15) is 16.7 Å². The number of amides is 1. The molecular weight excluding hydrogens is 450 g/mol. The molecule has 2 aromatic heterocycles. The highest BCUT2D eigenvalue weighted by Crippen LogP contribution is 2.31. The summed E-state index contributed by atoms with van der Waals surface area (Å²) in [4.78, 5) is 42.4. The highest BCUT2D eigenvalue weighted by atomic mass is 35.5. The van der Waals surface area contributed by atoms with E-state index in [9.17, 15) is 18.8 Å². The van der Waals surface area contributed by atoms with Crippen molar-refractivity contribution in [1.29, 1.82) is 0 Å². The first-order valence-electron chi connectivity index (χ1n) is 8.31. The Bertz CT molecular complexity index is 963. The van der Waals surface area contributed by atoms with Gasteiger partial charge in [0.2, 0.25) is 0 Å². The number of hydrogen-bond acceptors (Lipinski definition) is 6. The molecule has 0 unspecified atom stereocenters. The van der Waals surface area contributed by atoms with Gasteiger partial charge in [-0.05, 0) is 13.3 Å². The van der Waals surface area contributed by atoms with Crippen LogP contribution in [0.2, 0.25) is 10.0 Å². The summed E-state index contributed by atoms with van der Waals surface area (Å²) in [6, 6.07) is -0.810. The Labute approximate surface area is 177 Å². The molecule has 29 heavy (non-hydrogen) atoms. The summed E-state index contributed by atoms with van der Waals surface area (Å²) in [6.45, 7) is 1.70. The van der Waals surface area contributed by atoms with Crippen LogP contribution in [0, 0.1) is 6.92 Å². The van der Waals surface area contributed by atoms with Crippen LogP contribution in [-0.2, 0) is 0 Å². The van der Waals surface area contributed by atoms with E-state index in [1.165, 1.54) is 4.90 Å². The molecule has 4 N–H and O–H groups in total. The molecule has 3 heterocycles. The van der Waals surface area contributed by atoms with Gasteiger partial charge < -0.3 is 25.4 Å². The van der Waals surface area contributed by atoms with Crippen molar-refractivity contribution in [2.24, 2.45) is 0 Å². The van der Waals surface area contributed by atoms with Crippen LogP contribution >= 0.6 is 34.5 Å². The Kier molecular flexibility index (Phi) is 6.01. The molecule has 156 valence electrons. The predicted octanol–water partition coefficient (Wildman–Crippen LogP) is 2.83. The van der Waals surface area contributed by atoms with Crippen molar-refractivity contribution < 1.29 is 29.0 Å². The number of nitrogens with zero attached hydrogens (tertiary/aromatic N) is 2. The van der Waals surface area contributed by atoms with E-state index in [1.807, 2.05) is 0 Å². The fraction of sp³-hybridized carbons (Fsp3) is 0.375. The maximum atomic E-state index is 14.7. The van der Waals surface area contributed by atoms with Gasteiger partial charge in [-0.25, -0.2) is 19.0 Å². The number of aryl methyl sites for hydroxylation is 1. The lowest BCUT2D eigenvalue weighted by molar-refractivity contribution is 0.0651. The number of carboxylic acid groups (broad SMARTS) is 2. The first-order valence-corrected chi connectivity index (χ1v) is 9.88. The van der Waals surface area contributed by atoms with Gasteiger partial charge in [-0.15, -0.1) is 0 Å². The van der Waals surface area contributed by atoms with Crippen LogP contribution in [0.25, 0.3) is 0 Å². The van der Waals surface area contributed by atoms with Gasteiger partial charge in [-0.3, -0.25) is 4.79 Å². The van der Waals surface area contributed by atoms with E-state index in [0.29, 0.717) is 17.0 Å². The van der Waals surface area contributed by atoms with E-state index in [4.69, 9.17) is 33.4 Å². The maximum absolute atomic E-state index is 14.7. The number of aromatic amines is 1. The molecule has 0 bridgehead atoms. The number of rotatable bonds is 5. The van der Waals surface area contributed by atoms with Gasteiger partial charge in [-0.2, -0.15) is 0 Å². The molecule has 0 aliphatic carbocycles. The van der Waals surface area contributed by atoms with Crippen molar-refractivity contribution in [1.82, 2.24) is 15.3 Å². The molecule has 0 aromatic carbocycles. The van der Waals surface area contributed by atoms with E-state index < -0.39 is 40.6 Å². The molecule has 1 amide bonds. The Hall–Kier alpha value is -2.37. The second-order valence-electron chi connectivity index (χ2n) is 6.37. The Morgan fingerprint density at radius 2 is 1.97 bits per heavy atom. The molecule has 0 spiro atoms. The van der Waals surface area contributed by atoms with Crippen LogP contribution in [0.5, 0.6) is 0 Å². The number of aromatic nitrogens is 2. The maximum Gasteiger partial charge on any atom is 0.356 e. The lowest BCUT2D eigenvalue weighted by atomic mass is 10.0. The van der Waals surface area contributed by atoms with E-state index >= 15 is 0 Å². The summed E-state index contributed by atoms with van der Waals surface area (Å²) in [5.41, 5.74) is -0.0291. The second-order valence-corrected chi connectivity index (χ2v) is 8.10. The van der Waals surface area contributed by atoms with Crippen LogP contribution in [0.3, 0.4) is 0 Å². The molecule has 1 saturated heterocycles. The number of alkyl halides is 1. The number of hydrogen-bond donors (Lipinski definition) is 4. The molecule has 1 aliphatic rings. The Morgan fingerprint density at radius 1 is 1.28 bits per heavy atom. The van der Waals surface area contributed by atoms with Crippen LogP contribution in [0.1, 0.15) is 42.8 Å². The molecule has 13 heteroatoms. The minimum Gasteiger partial charge on any atom is -0.477 e. The minimum absolute atomic E-state index is 0.0425. The third-order valence-electron chi connectivity index (χ3n) is 4.42. The van der Waals surface area contributed by atoms with Crippen molar-refractivity contribution in [3.8, 4) is 0 Å². The number of anilines is 1. The first-order chi connectivity index (χ1) is 13.6. The number of carboxylic acids is 2. The van der Waals surface area contributed by atoms with Crippen molar-refractivity contribution in [3.05, 3.63) is 32.0 Å². The van der Waals surface area contributed by atoms with Gasteiger partial charge in [0.15, 0.2) is 10.8 Å². The number of carbonyl (C=O) groups excluding carboxylic acids is 1. The first kappa shape index (κ1) is 21.3. The molecule has 9 nitrogen and oxygen atoms in total. The van der Waals surface area contributed by atoms with E-state index in [-0.39, 0.29) is 40.4 Å². The van der Waals surface area contributed by atoms with Gasteiger partial charge >= 0.3 is 11.9 Å². The summed E-state index contributed by atoms with van der Waals surface area (Å²) in [7, 11) is 0. The number of carbonyl (C=O) groups is 3. The van der Waals surface area contributed by atoms with E-state index in [0.717, 1.165) is 0 Å². The van der Waals surface area contributed by atoms with E-state index in [2.05, 4.69) is 15.3 Å². The molecule has 0 saturated carbocycles. The van der Waals surface area contributed by atoms with Crippen LogP contribution in [-0.4, -0.2) is 63.3 Å². The molecule has 3 rings (SSSR count). The van der Waals surface area contributed by atoms with Crippen LogP contribution in [0.15, 0.2) is 0 Å². The molecular formula is C16H15Cl2FN4O5S. The highest BCUT2D eigenvalue weighted by molar-refractivity contribution is 7.17. The highest BCUT2D eigenvalue weighted by Gasteiger charge is 2.34. The quantitative estimate of drug-likeness (QED) is 0.533. The summed E-state index contributed by atoms with van der Waals surface area (Å²) >= 11 is 12.6. The SMILES string of the molecule is Cc1[nH]c(C(=O)N[C@@H]2CCN(c3nc(C(=O)O)c(C(=O)O)s3)C[C@@H]2F)c(Cl)c1Cl. The third-order valence-corrected chi connectivity index (χ3v) is 6.47. The standard InChI is InChI=1S/C16H15Cl2FN4O5S/c1-5-8(17)9(18)10(20-5)13(24)21-7-2-3-23(4-6(7)19)16-22-11(14(25)26)12(29-16)15(27)28/h6-7,20H,2-4H2,1H3,(H,21,24)(H,25,26)(H,27,28)/t6-,7+/m0/s1. The number of nitrogens with one attached hydrogen (secondary N) is 2. The zero-order valence-corrected chi connectivity index (χ0v) is 17.2. The minimum atomic E-state index is -1.50. The van der Waals surface area contributed by atoms with Gasteiger partial charge in [0, 0.05) is 12.2 Å². The Balaban J connectivity index is 1.70. The predicted molar refractivity (Wildman–Crippen MR) is 105 cm³/mol. The summed E-state index contributed by atoms with van der Waals surface area (Å²) in [5.74, 6) is -3.48. The normalized spacial score (nSPS) is 19.2. The molecule has 1 aliphatic heterocycles. The lowest BCUT2D eigenvalue weighted by Gasteiger charge is -2.34. The van der Waals surface area contributed by atoms with Crippen molar-refractivity contribution >= 4 is 57.5 Å². The number of halogens is 3. The smallest absolute Gasteiger partial charge is 0.356 e. The number of piperidine rings is 1. The fourth-order valence-electron chi connectivity index (χ4n) is 2.94. The monoisotopic (exact) mass is 464 g/mol. The largest absolute Gasteiger partial charge is 0.477 e. The number of aromatic carboxylic acids is 2. The third kappa shape index (κ3) is 4.16. The van der Waals surface area contributed by atoms with Gasteiger partial charge in [0.05, 0.1) is 22.6 Å². The zero-order chi connectivity index (χ0) is 21.5. The number of H-pyrrole nitrogens is 1. The average molecular weight is 465 g/mol. The van der Waals surface area contributed by atoms with Crippen molar-refractivity contribution in [3.63, 3.8) is 0 Å². The Morgan fingerprint density at radius 3 is 2.45 bits per heavy atom. The van der Waals surface area contributed by atoms with Gasteiger partial charge in [-0.1, -0.05) is 34.5 Å². The van der Waals surface area contributed by atoms with Crippen LogP contribution in [0.4, 0.5) is 9.52 Å². The second kappa shape index (κ2) is 8.17. The lowest BCUT2D eigenvalue weighted by Crippen LogP contribution is -2.52. The topological polar surface area (TPSA) is 136 Å². The molecule has 1 fully saturated rings. The molecule has 2 atom stereocenters. The average Bonchev–Trinajstić information content (AvgIpc) is 3.21. The summed E-state index contributed by atoms with van der Waals surface area (Å²) in [6.07, 6.45) is -1.30. The summed E-state index contributed by atoms with van der Waals surface area (Å²) < 4.78 is 14.7. The molecule has 2 aromatic rings. The van der Waals surface area contributed by atoms with E-state index in [1.54, 1.807) is 6.92 Å². The molecule has 0 radical (unpaired) electrons. The van der Waals surface area contributed by atoms with Crippen molar-refractivity contribution in [2.45, 2.75) is 25.6 Å². The van der Waals surface area contributed by atoms with Gasteiger partial charge in [0.25, 0.3) is 5.91 Å².